The van der Waals surface area contributed by atoms with E-state index < -0.39 is 23.2 Å². The summed E-state index contributed by atoms with van der Waals surface area (Å²) in [5, 5.41) is 17.6. The zero-order valence-electron chi connectivity index (χ0n) is 21.2. The van der Waals surface area contributed by atoms with Crippen molar-refractivity contribution in [2.75, 3.05) is 18.5 Å². The zero-order chi connectivity index (χ0) is 26.3. The lowest BCUT2D eigenvalue weighted by Gasteiger charge is -2.19. The first kappa shape index (κ1) is 26.5. The third kappa shape index (κ3) is 6.03. The quantitative estimate of drug-likeness (QED) is 0.483. The van der Waals surface area contributed by atoms with E-state index in [0.29, 0.717) is 19.0 Å². The predicted molar refractivity (Wildman–Crippen MR) is 128 cm³/mol. The fourth-order valence-electron chi connectivity index (χ4n) is 4.42. The number of aromatic nitrogens is 2. The molecule has 2 N–H and O–H groups in total. The number of nitrogens with one attached hydrogen (secondary N) is 1. The summed E-state index contributed by atoms with van der Waals surface area (Å²) in [5.41, 5.74) is -0.566. The summed E-state index contributed by atoms with van der Waals surface area (Å²) >= 11 is 0. The van der Waals surface area contributed by atoms with Gasteiger partial charge in [0.05, 0.1) is 41.7 Å². The molecule has 0 bridgehead atoms. The summed E-state index contributed by atoms with van der Waals surface area (Å²) in [6.45, 7) is 8.36. The Balaban J connectivity index is 1.65. The van der Waals surface area contributed by atoms with Gasteiger partial charge >= 0.3 is 6.18 Å². The van der Waals surface area contributed by atoms with Crippen LogP contribution >= 0.6 is 0 Å². The summed E-state index contributed by atoms with van der Waals surface area (Å²) < 4.78 is 53.5. The highest BCUT2D eigenvalue weighted by Crippen LogP contribution is 2.49. The number of hydrogen-bond donors (Lipinski definition) is 2. The van der Waals surface area contributed by atoms with Crippen molar-refractivity contribution >= 4 is 11.7 Å². The molecule has 1 saturated heterocycles. The second kappa shape index (κ2) is 9.70. The zero-order valence-corrected chi connectivity index (χ0v) is 21.2. The monoisotopic (exact) mass is 509 g/mol. The smallest absolute Gasteiger partial charge is 0.416 e. The largest absolute Gasteiger partial charge is 0.493 e. The fraction of sp³-hybridized carbons (Fsp3) is 0.615. The molecule has 10 heteroatoms. The molecular formula is C26H34F3N3O4. The molecule has 0 radical (unpaired) electrons. The van der Waals surface area contributed by atoms with E-state index in [4.69, 9.17) is 14.6 Å². The van der Waals surface area contributed by atoms with Gasteiger partial charge in [0.15, 0.2) is 0 Å². The van der Waals surface area contributed by atoms with Gasteiger partial charge in [-0.25, -0.2) is 4.68 Å². The van der Waals surface area contributed by atoms with Crippen LogP contribution in [0.3, 0.4) is 0 Å². The van der Waals surface area contributed by atoms with Gasteiger partial charge in [-0.15, -0.1) is 0 Å². The molecule has 1 aromatic carbocycles. The van der Waals surface area contributed by atoms with E-state index in [9.17, 15) is 23.1 Å². The number of aliphatic hydroxyl groups is 1. The average molecular weight is 510 g/mol. The first-order valence-corrected chi connectivity index (χ1v) is 12.3. The number of anilines is 1. The Labute approximate surface area is 209 Å². The molecule has 0 unspecified atom stereocenters. The number of amides is 1. The van der Waals surface area contributed by atoms with E-state index in [1.807, 2.05) is 6.92 Å². The molecule has 4 rings (SSSR count). The van der Waals surface area contributed by atoms with Gasteiger partial charge in [-0.05, 0) is 64.7 Å². The number of rotatable bonds is 9. The molecule has 2 aromatic rings. The van der Waals surface area contributed by atoms with E-state index in [1.54, 1.807) is 18.5 Å². The number of carbonyl (C=O) groups excluding carboxylic acids is 1. The van der Waals surface area contributed by atoms with Crippen LogP contribution in [0.4, 0.5) is 19.0 Å². The summed E-state index contributed by atoms with van der Waals surface area (Å²) in [4.78, 5) is 13.4. The molecule has 36 heavy (non-hydrogen) atoms. The Morgan fingerprint density at radius 3 is 2.64 bits per heavy atom. The van der Waals surface area contributed by atoms with E-state index >= 15 is 0 Å². The Bertz CT molecular complexity index is 1110. The molecule has 1 aliphatic carbocycles. The highest BCUT2D eigenvalue weighted by Gasteiger charge is 2.44. The standard InChI is InChI=1S/C26H34F3N3O4/c1-16-21(25(4)9-10-25)31-32(15-18-6-5-12-35-18)22(16)30-23(33)19-14-17(26(27,28)29)7-8-20(19)36-13-11-24(2,3)34/h7-8,14,18,34H,5-6,9-13,15H2,1-4H3,(H,30,33)/t18-/m1/s1. The predicted octanol–water partition coefficient (Wildman–Crippen LogP) is 5.23. The van der Waals surface area contributed by atoms with Gasteiger partial charge in [-0.3, -0.25) is 4.79 Å². The van der Waals surface area contributed by atoms with Crippen LogP contribution in [0.2, 0.25) is 0 Å². The van der Waals surface area contributed by atoms with Gasteiger partial charge in [-0.1, -0.05) is 6.92 Å². The second-order valence-corrected chi connectivity index (χ2v) is 10.8. The molecule has 0 spiro atoms. The van der Waals surface area contributed by atoms with Crippen molar-refractivity contribution in [2.45, 2.75) is 89.6 Å². The van der Waals surface area contributed by atoms with Crippen LogP contribution < -0.4 is 10.1 Å². The number of ether oxygens (including phenoxy) is 2. The number of hydrogen-bond acceptors (Lipinski definition) is 5. The number of nitrogens with zero attached hydrogens (tertiary/aromatic N) is 2. The molecule has 198 valence electrons. The molecule has 7 nitrogen and oxygen atoms in total. The fourth-order valence-corrected chi connectivity index (χ4v) is 4.42. The lowest BCUT2D eigenvalue weighted by atomic mass is 10.0. The third-order valence-electron chi connectivity index (χ3n) is 6.92. The molecule has 2 heterocycles. The minimum Gasteiger partial charge on any atom is -0.493 e. The van der Waals surface area contributed by atoms with Gasteiger partial charge in [0.25, 0.3) is 5.91 Å². The maximum atomic E-state index is 13.5. The Morgan fingerprint density at radius 1 is 1.33 bits per heavy atom. The van der Waals surface area contributed by atoms with E-state index in [0.717, 1.165) is 55.1 Å². The Hall–Kier alpha value is -2.59. The molecule has 1 saturated carbocycles. The number of halogens is 3. The van der Waals surface area contributed by atoms with Crippen molar-refractivity contribution in [1.82, 2.24) is 9.78 Å². The molecule has 2 aliphatic rings. The summed E-state index contributed by atoms with van der Waals surface area (Å²) in [5.74, 6) is -0.246. The molecule has 1 amide bonds. The van der Waals surface area contributed by atoms with Crippen molar-refractivity contribution in [2.24, 2.45) is 0 Å². The maximum Gasteiger partial charge on any atom is 0.416 e. The topological polar surface area (TPSA) is 85.6 Å². The van der Waals surface area contributed by atoms with Crippen molar-refractivity contribution < 1.29 is 32.5 Å². The molecule has 1 atom stereocenters. The second-order valence-electron chi connectivity index (χ2n) is 10.8. The normalized spacial score (nSPS) is 19.4. The molecule has 2 fully saturated rings. The summed E-state index contributed by atoms with van der Waals surface area (Å²) in [6.07, 6.45) is -0.598. The van der Waals surface area contributed by atoms with Crippen LogP contribution in [-0.4, -0.2) is 45.7 Å². The molecule has 1 aliphatic heterocycles. The van der Waals surface area contributed by atoms with Crippen molar-refractivity contribution in [3.05, 3.63) is 40.6 Å². The number of benzene rings is 1. The number of alkyl halides is 3. The Morgan fingerprint density at radius 2 is 2.06 bits per heavy atom. The van der Waals surface area contributed by atoms with Gasteiger partial charge < -0.3 is 19.9 Å². The minimum absolute atomic E-state index is 0.0157. The van der Waals surface area contributed by atoms with Gasteiger partial charge in [0.1, 0.15) is 11.6 Å². The first-order chi connectivity index (χ1) is 16.8. The maximum absolute atomic E-state index is 13.5. The van der Waals surface area contributed by atoms with Crippen molar-refractivity contribution in [1.29, 1.82) is 0 Å². The van der Waals surface area contributed by atoms with E-state index in [1.165, 1.54) is 0 Å². The average Bonchev–Trinajstić information content (AvgIpc) is 3.17. The highest BCUT2D eigenvalue weighted by molar-refractivity contribution is 6.06. The number of carbonyl (C=O) groups is 1. The minimum atomic E-state index is -4.62. The van der Waals surface area contributed by atoms with Crippen LogP contribution in [0.15, 0.2) is 18.2 Å². The van der Waals surface area contributed by atoms with Crippen molar-refractivity contribution in [3.8, 4) is 5.75 Å². The van der Waals surface area contributed by atoms with Gasteiger partial charge in [0, 0.05) is 24.0 Å². The SMILES string of the molecule is Cc1c(C2(C)CC2)nn(C[C@H]2CCCO2)c1NC(=O)c1cc(C(F)(F)F)ccc1OCCC(C)(C)O. The highest BCUT2D eigenvalue weighted by atomic mass is 19.4. The van der Waals surface area contributed by atoms with Crippen molar-refractivity contribution in [3.63, 3.8) is 0 Å². The summed E-state index contributed by atoms with van der Waals surface area (Å²) in [7, 11) is 0. The van der Waals surface area contributed by atoms with E-state index in [-0.39, 0.29) is 35.9 Å². The molecular weight excluding hydrogens is 475 g/mol. The van der Waals surface area contributed by atoms with Crippen LogP contribution in [0, 0.1) is 6.92 Å². The lowest BCUT2D eigenvalue weighted by molar-refractivity contribution is -0.137. The first-order valence-electron chi connectivity index (χ1n) is 12.3. The molecule has 1 aromatic heterocycles. The lowest BCUT2D eigenvalue weighted by Crippen LogP contribution is -2.23. The van der Waals surface area contributed by atoms with Crippen LogP contribution in [0.5, 0.6) is 5.75 Å². The van der Waals surface area contributed by atoms with Crippen LogP contribution in [-0.2, 0) is 22.9 Å². The van der Waals surface area contributed by atoms with Gasteiger partial charge in [0.2, 0.25) is 0 Å². The van der Waals surface area contributed by atoms with E-state index in [2.05, 4.69) is 12.2 Å². The summed E-state index contributed by atoms with van der Waals surface area (Å²) in [6, 6.07) is 2.83. The third-order valence-corrected chi connectivity index (χ3v) is 6.92. The van der Waals surface area contributed by atoms with Crippen LogP contribution in [0.25, 0.3) is 0 Å². The van der Waals surface area contributed by atoms with Gasteiger partial charge in [-0.2, -0.15) is 18.3 Å². The Kier molecular flexibility index (Phi) is 7.13. The van der Waals surface area contributed by atoms with Crippen LogP contribution in [0.1, 0.15) is 80.1 Å².